The van der Waals surface area contributed by atoms with Gasteiger partial charge in [-0.05, 0) is 81.3 Å². The van der Waals surface area contributed by atoms with Crippen LogP contribution >= 0.6 is 0 Å². The number of hydrogen-bond acceptors (Lipinski definition) is 6. The summed E-state index contributed by atoms with van der Waals surface area (Å²) in [5, 5.41) is 10.4. The van der Waals surface area contributed by atoms with Crippen molar-refractivity contribution >= 4 is 11.7 Å². The van der Waals surface area contributed by atoms with Crippen LogP contribution in [0.15, 0.2) is 48.5 Å². The van der Waals surface area contributed by atoms with Gasteiger partial charge in [-0.1, -0.05) is 38.1 Å². The highest BCUT2D eigenvalue weighted by Crippen LogP contribution is 2.47. The van der Waals surface area contributed by atoms with E-state index < -0.39 is 17.7 Å². The van der Waals surface area contributed by atoms with Gasteiger partial charge in [0.1, 0.15) is 11.6 Å². The van der Waals surface area contributed by atoms with Gasteiger partial charge in [0.05, 0.1) is 30.6 Å². The van der Waals surface area contributed by atoms with E-state index in [4.69, 9.17) is 19.2 Å². The van der Waals surface area contributed by atoms with Crippen molar-refractivity contribution in [3.05, 3.63) is 71.2 Å². The predicted octanol–water partition coefficient (Wildman–Crippen LogP) is 7.39. The fourth-order valence-electron chi connectivity index (χ4n) is 5.30. The Kier molecular flexibility index (Phi) is 9.46. The molecule has 1 atom stereocenters. The van der Waals surface area contributed by atoms with Crippen LogP contribution in [0, 0.1) is 18.2 Å². The number of ether oxygens (including phenoxy) is 3. The van der Waals surface area contributed by atoms with Crippen molar-refractivity contribution in [2.24, 2.45) is 5.41 Å². The zero-order valence-electron chi connectivity index (χ0n) is 25.8. The van der Waals surface area contributed by atoms with E-state index in [1.807, 2.05) is 52.0 Å². The number of aliphatic carboxylic acids is 1. The molecule has 1 aliphatic heterocycles. The van der Waals surface area contributed by atoms with Gasteiger partial charge in [0.25, 0.3) is 0 Å². The van der Waals surface area contributed by atoms with Gasteiger partial charge in [0.15, 0.2) is 6.10 Å². The Bertz CT molecular complexity index is 1370. The van der Waals surface area contributed by atoms with E-state index in [1.54, 1.807) is 19.2 Å². The Morgan fingerprint density at radius 1 is 1.07 bits per heavy atom. The molecule has 226 valence electrons. The first-order valence-electron chi connectivity index (χ1n) is 14.5. The van der Waals surface area contributed by atoms with Gasteiger partial charge < -0.3 is 24.2 Å². The zero-order chi connectivity index (χ0) is 30.7. The van der Waals surface area contributed by atoms with Crippen LogP contribution in [0.3, 0.4) is 0 Å². The van der Waals surface area contributed by atoms with E-state index in [2.05, 4.69) is 18.7 Å². The molecule has 2 aromatic carbocycles. The van der Waals surface area contributed by atoms with Gasteiger partial charge in [0, 0.05) is 30.8 Å². The molecule has 7 nitrogen and oxygen atoms in total. The highest BCUT2D eigenvalue weighted by molar-refractivity contribution is 5.89. The first-order chi connectivity index (χ1) is 19.8. The lowest BCUT2D eigenvalue weighted by atomic mass is 9.82. The number of pyridine rings is 1. The number of aryl methyl sites for hydroxylation is 1. The number of nitrogens with zero attached hydrogens (tertiary/aromatic N) is 2. The standard InChI is InChI=1S/C34H43FN2O5/c1-22-27(30(32(38)39)42-33(2,3)4)29(37-19-17-34(5,6)18-20-37)28(31(36-22)40-7)24-10-14-26(15-11-24)41-21-16-23-8-12-25(35)13-9-23/h8-15,30H,16-21H2,1-7H3,(H,38,39)/t30-/m0/s1. The Labute approximate surface area is 248 Å². The number of halogens is 1. The summed E-state index contributed by atoms with van der Waals surface area (Å²) >= 11 is 0. The fourth-order valence-corrected chi connectivity index (χ4v) is 5.30. The van der Waals surface area contributed by atoms with Gasteiger partial charge >= 0.3 is 5.97 Å². The third-order valence-electron chi connectivity index (χ3n) is 7.67. The third-order valence-corrected chi connectivity index (χ3v) is 7.67. The summed E-state index contributed by atoms with van der Waals surface area (Å²) in [4.78, 5) is 19.7. The Morgan fingerprint density at radius 2 is 1.69 bits per heavy atom. The zero-order valence-corrected chi connectivity index (χ0v) is 25.8. The average molecular weight is 579 g/mol. The number of carboxylic acid groups (broad SMARTS) is 1. The first-order valence-corrected chi connectivity index (χ1v) is 14.5. The average Bonchev–Trinajstić information content (AvgIpc) is 2.92. The molecule has 3 aromatic rings. The van der Waals surface area contributed by atoms with Crippen molar-refractivity contribution in [2.45, 2.75) is 72.5 Å². The molecule has 8 heteroatoms. The summed E-state index contributed by atoms with van der Waals surface area (Å²) in [5.74, 6) is -0.192. The summed E-state index contributed by atoms with van der Waals surface area (Å²) in [5.41, 5.74) is 3.98. The molecule has 1 N–H and O–H groups in total. The van der Waals surface area contributed by atoms with Crippen molar-refractivity contribution in [3.63, 3.8) is 0 Å². The van der Waals surface area contributed by atoms with E-state index in [-0.39, 0.29) is 11.2 Å². The molecule has 4 rings (SSSR count). The molecule has 0 unspecified atom stereocenters. The van der Waals surface area contributed by atoms with E-state index >= 15 is 0 Å². The van der Waals surface area contributed by atoms with Crippen LogP contribution < -0.4 is 14.4 Å². The Morgan fingerprint density at radius 3 is 2.24 bits per heavy atom. The van der Waals surface area contributed by atoms with Crippen molar-refractivity contribution in [1.82, 2.24) is 4.98 Å². The molecular formula is C34H43FN2O5. The quantitative estimate of drug-likeness (QED) is 0.269. The van der Waals surface area contributed by atoms with Gasteiger partial charge in [-0.3, -0.25) is 0 Å². The molecule has 0 saturated carbocycles. The first kappa shape index (κ1) is 31.3. The largest absolute Gasteiger partial charge is 0.493 e. The number of benzene rings is 2. The summed E-state index contributed by atoms with van der Waals surface area (Å²) < 4.78 is 31.2. The lowest BCUT2D eigenvalue weighted by molar-refractivity contribution is -0.160. The minimum atomic E-state index is -1.21. The van der Waals surface area contributed by atoms with Crippen LogP contribution in [-0.4, -0.2) is 48.5 Å². The van der Waals surface area contributed by atoms with Crippen LogP contribution in [-0.2, 0) is 16.0 Å². The van der Waals surface area contributed by atoms with Gasteiger partial charge in [-0.2, -0.15) is 0 Å². The topological polar surface area (TPSA) is 81.1 Å². The number of carboxylic acids is 1. The van der Waals surface area contributed by atoms with E-state index in [0.29, 0.717) is 35.9 Å². The number of carbonyl (C=O) groups is 1. The Balaban J connectivity index is 1.75. The monoisotopic (exact) mass is 578 g/mol. The number of aromatic nitrogens is 1. The minimum absolute atomic E-state index is 0.198. The lowest BCUT2D eigenvalue weighted by Crippen LogP contribution is -2.39. The van der Waals surface area contributed by atoms with Gasteiger partial charge in [-0.15, -0.1) is 0 Å². The molecule has 1 fully saturated rings. The van der Waals surface area contributed by atoms with Crippen molar-refractivity contribution in [1.29, 1.82) is 0 Å². The second-order valence-corrected chi connectivity index (χ2v) is 12.7. The smallest absolute Gasteiger partial charge is 0.337 e. The summed E-state index contributed by atoms with van der Waals surface area (Å²) in [7, 11) is 1.58. The summed E-state index contributed by atoms with van der Waals surface area (Å²) in [6.07, 6.45) is 1.38. The Hall–Kier alpha value is -3.65. The second kappa shape index (κ2) is 12.7. The summed E-state index contributed by atoms with van der Waals surface area (Å²) in [6, 6.07) is 14.1. The highest BCUT2D eigenvalue weighted by Gasteiger charge is 2.37. The lowest BCUT2D eigenvalue weighted by Gasteiger charge is -2.41. The molecule has 0 amide bonds. The van der Waals surface area contributed by atoms with Crippen LogP contribution in [0.4, 0.5) is 10.1 Å². The molecule has 0 bridgehead atoms. The number of anilines is 1. The number of piperidine rings is 1. The van der Waals surface area contributed by atoms with E-state index in [1.165, 1.54) is 12.1 Å². The van der Waals surface area contributed by atoms with Crippen LogP contribution in [0.5, 0.6) is 11.6 Å². The van der Waals surface area contributed by atoms with Crippen LogP contribution in [0.2, 0.25) is 0 Å². The van der Waals surface area contributed by atoms with Crippen LogP contribution in [0.1, 0.15) is 70.4 Å². The second-order valence-electron chi connectivity index (χ2n) is 12.7. The molecule has 0 spiro atoms. The molecule has 1 aliphatic rings. The molecule has 0 aliphatic carbocycles. The molecule has 42 heavy (non-hydrogen) atoms. The SMILES string of the molecule is COc1nc(C)c([C@H](OC(C)(C)C)C(=O)O)c(N2CCC(C)(C)CC2)c1-c1ccc(OCCc2ccc(F)cc2)cc1. The molecule has 1 saturated heterocycles. The summed E-state index contributed by atoms with van der Waals surface area (Å²) in [6.45, 7) is 13.9. The van der Waals surface area contributed by atoms with Crippen molar-refractivity contribution in [2.75, 3.05) is 31.7 Å². The van der Waals surface area contributed by atoms with Gasteiger partial charge in [0.2, 0.25) is 5.88 Å². The molecule has 0 radical (unpaired) electrons. The molecular weight excluding hydrogens is 535 g/mol. The number of hydrogen-bond donors (Lipinski definition) is 1. The molecule has 1 aromatic heterocycles. The third kappa shape index (κ3) is 7.59. The molecule has 2 heterocycles. The van der Waals surface area contributed by atoms with E-state index in [0.717, 1.165) is 48.3 Å². The number of rotatable bonds is 10. The van der Waals surface area contributed by atoms with Crippen molar-refractivity contribution in [3.8, 4) is 22.8 Å². The highest BCUT2D eigenvalue weighted by atomic mass is 19.1. The maximum atomic E-state index is 13.2. The van der Waals surface area contributed by atoms with Crippen molar-refractivity contribution < 1.29 is 28.5 Å². The number of methoxy groups -OCH3 is 1. The maximum absolute atomic E-state index is 13.2. The van der Waals surface area contributed by atoms with E-state index in [9.17, 15) is 14.3 Å². The minimum Gasteiger partial charge on any atom is -0.493 e. The predicted molar refractivity (Wildman–Crippen MR) is 163 cm³/mol. The van der Waals surface area contributed by atoms with Crippen LogP contribution in [0.25, 0.3) is 11.1 Å². The fraction of sp³-hybridized carbons (Fsp3) is 0.471. The normalized spacial score (nSPS) is 15.8. The maximum Gasteiger partial charge on any atom is 0.337 e. The van der Waals surface area contributed by atoms with Gasteiger partial charge in [-0.25, -0.2) is 14.2 Å².